The number of hydrogen-bond donors (Lipinski definition) is 2. The van der Waals surface area contributed by atoms with Crippen LogP contribution in [0.3, 0.4) is 0 Å². The molecule has 0 fully saturated rings. The smallest absolute Gasteiger partial charge is 0.191 e. The maximum absolute atomic E-state index is 5.42. The van der Waals surface area contributed by atoms with Gasteiger partial charge in [-0.3, -0.25) is 0 Å². The Labute approximate surface area is 171 Å². The van der Waals surface area contributed by atoms with Crippen LogP contribution >= 0.6 is 35.3 Å². The fourth-order valence-electron chi connectivity index (χ4n) is 2.54. The first-order valence-electron chi connectivity index (χ1n) is 8.70. The summed E-state index contributed by atoms with van der Waals surface area (Å²) in [5.41, 5.74) is 3.50. The third kappa shape index (κ3) is 6.29. The van der Waals surface area contributed by atoms with Gasteiger partial charge >= 0.3 is 0 Å². The van der Waals surface area contributed by atoms with Gasteiger partial charge in [-0.1, -0.05) is 25.9 Å². The minimum atomic E-state index is 0. The molecule has 2 N–H and O–H groups in total. The number of nitrogens with zero attached hydrogens (tertiary/aromatic N) is 2. The van der Waals surface area contributed by atoms with E-state index in [4.69, 9.17) is 9.52 Å². The van der Waals surface area contributed by atoms with E-state index in [9.17, 15) is 0 Å². The normalized spacial score (nSPS) is 12.6. The van der Waals surface area contributed by atoms with Crippen LogP contribution in [0.4, 0.5) is 0 Å². The molecular weight excluding hydrogens is 447 g/mol. The van der Waals surface area contributed by atoms with Crippen molar-refractivity contribution in [2.24, 2.45) is 4.99 Å². The number of hydrogen-bond acceptors (Lipinski definition) is 4. The Hall–Kier alpha value is -1.09. The highest BCUT2D eigenvalue weighted by atomic mass is 127. The van der Waals surface area contributed by atoms with Crippen molar-refractivity contribution in [3.05, 3.63) is 39.4 Å². The molecule has 0 aromatic carbocycles. The van der Waals surface area contributed by atoms with E-state index in [0.29, 0.717) is 12.5 Å². The summed E-state index contributed by atoms with van der Waals surface area (Å²) in [6.07, 6.45) is 1.71. The van der Waals surface area contributed by atoms with Crippen molar-refractivity contribution in [3.63, 3.8) is 0 Å². The molecule has 1 atom stereocenters. The molecule has 0 aliphatic carbocycles. The van der Waals surface area contributed by atoms with Gasteiger partial charge in [-0.15, -0.1) is 24.0 Å². The minimum absolute atomic E-state index is 0. The first-order chi connectivity index (χ1) is 11.7. The quantitative estimate of drug-likeness (QED) is 0.338. The zero-order valence-electron chi connectivity index (χ0n) is 15.5. The van der Waals surface area contributed by atoms with E-state index in [2.05, 4.69) is 60.3 Å². The molecule has 0 aliphatic heterocycles. The second-order valence-corrected chi connectivity index (χ2v) is 6.55. The number of thiophene rings is 1. The predicted octanol–water partition coefficient (Wildman–Crippen LogP) is 4.34. The minimum Gasteiger partial charge on any atom is -0.361 e. The van der Waals surface area contributed by atoms with Crippen LogP contribution in [0, 0.1) is 0 Å². The molecule has 0 aliphatic rings. The highest BCUT2D eigenvalue weighted by Gasteiger charge is 2.13. The van der Waals surface area contributed by atoms with Gasteiger partial charge in [-0.2, -0.15) is 11.3 Å². The second kappa shape index (κ2) is 11.5. The van der Waals surface area contributed by atoms with Gasteiger partial charge in [-0.05, 0) is 41.7 Å². The van der Waals surface area contributed by atoms with Crippen molar-refractivity contribution < 1.29 is 4.52 Å². The number of aryl methyl sites for hydroxylation is 2. The Bertz CT molecular complexity index is 618. The van der Waals surface area contributed by atoms with Crippen LogP contribution in [-0.2, 0) is 19.4 Å². The molecule has 2 aromatic heterocycles. The van der Waals surface area contributed by atoms with Crippen molar-refractivity contribution in [2.45, 2.75) is 53.0 Å². The topological polar surface area (TPSA) is 62.5 Å². The van der Waals surface area contributed by atoms with Crippen LogP contribution in [0.2, 0.25) is 0 Å². The van der Waals surface area contributed by atoms with Crippen molar-refractivity contribution >= 4 is 41.3 Å². The van der Waals surface area contributed by atoms with Gasteiger partial charge in [0.2, 0.25) is 0 Å². The lowest BCUT2D eigenvalue weighted by molar-refractivity contribution is 0.380. The molecule has 0 spiro atoms. The molecule has 0 bridgehead atoms. The molecule has 7 heteroatoms. The molecule has 0 saturated heterocycles. The van der Waals surface area contributed by atoms with Crippen molar-refractivity contribution in [2.75, 3.05) is 13.1 Å². The van der Waals surface area contributed by atoms with Crippen LogP contribution in [0.1, 0.15) is 56.2 Å². The maximum Gasteiger partial charge on any atom is 0.191 e. The SMILES string of the molecule is CCNC(=NCc1c(CC)noc1CC)NCC(C)c1ccsc1.I. The van der Waals surface area contributed by atoms with E-state index in [-0.39, 0.29) is 24.0 Å². The largest absolute Gasteiger partial charge is 0.361 e. The number of nitrogens with one attached hydrogen (secondary N) is 2. The summed E-state index contributed by atoms with van der Waals surface area (Å²) in [5.74, 6) is 2.23. The predicted molar refractivity (Wildman–Crippen MR) is 116 cm³/mol. The van der Waals surface area contributed by atoms with E-state index in [0.717, 1.165) is 48.9 Å². The summed E-state index contributed by atoms with van der Waals surface area (Å²) in [7, 11) is 0. The maximum atomic E-state index is 5.42. The average Bonchev–Trinajstić information content (AvgIpc) is 3.25. The molecule has 2 heterocycles. The summed E-state index contributed by atoms with van der Waals surface area (Å²) < 4.78 is 5.42. The fraction of sp³-hybridized carbons (Fsp3) is 0.556. The van der Waals surface area contributed by atoms with Crippen molar-refractivity contribution in [3.8, 4) is 0 Å². The highest BCUT2D eigenvalue weighted by molar-refractivity contribution is 14.0. The molecule has 1 unspecified atom stereocenters. The van der Waals surface area contributed by atoms with E-state index in [1.807, 2.05) is 0 Å². The summed E-state index contributed by atoms with van der Waals surface area (Å²) >= 11 is 1.74. The lowest BCUT2D eigenvalue weighted by Crippen LogP contribution is -2.39. The number of aromatic nitrogens is 1. The zero-order valence-corrected chi connectivity index (χ0v) is 18.6. The summed E-state index contributed by atoms with van der Waals surface area (Å²) in [6, 6.07) is 2.18. The molecule has 2 aromatic rings. The van der Waals surface area contributed by atoms with Gasteiger partial charge in [0.15, 0.2) is 5.96 Å². The van der Waals surface area contributed by atoms with E-state index in [1.54, 1.807) is 11.3 Å². The van der Waals surface area contributed by atoms with Crippen LogP contribution in [-0.4, -0.2) is 24.2 Å². The molecular formula is C18H29IN4OS. The van der Waals surface area contributed by atoms with Gasteiger partial charge in [0.1, 0.15) is 5.76 Å². The zero-order chi connectivity index (χ0) is 17.4. The van der Waals surface area contributed by atoms with Gasteiger partial charge in [0.25, 0.3) is 0 Å². The Morgan fingerprint density at radius 1 is 1.28 bits per heavy atom. The van der Waals surface area contributed by atoms with Gasteiger partial charge < -0.3 is 15.2 Å². The number of aliphatic imine (C=N–C) groups is 1. The number of rotatable bonds is 8. The van der Waals surface area contributed by atoms with Crippen LogP contribution in [0.15, 0.2) is 26.3 Å². The number of halogens is 1. The van der Waals surface area contributed by atoms with Crippen molar-refractivity contribution in [1.82, 2.24) is 15.8 Å². The molecule has 5 nitrogen and oxygen atoms in total. The molecule has 2 rings (SSSR count). The average molecular weight is 476 g/mol. The van der Waals surface area contributed by atoms with E-state index >= 15 is 0 Å². The Morgan fingerprint density at radius 3 is 2.68 bits per heavy atom. The van der Waals surface area contributed by atoms with Gasteiger partial charge in [0.05, 0.1) is 12.2 Å². The molecule has 0 saturated carbocycles. The first kappa shape index (κ1) is 22.0. The molecule has 0 radical (unpaired) electrons. The third-order valence-electron chi connectivity index (χ3n) is 4.03. The highest BCUT2D eigenvalue weighted by Crippen LogP contribution is 2.18. The van der Waals surface area contributed by atoms with Crippen LogP contribution in [0.25, 0.3) is 0 Å². The van der Waals surface area contributed by atoms with Gasteiger partial charge in [0, 0.05) is 25.1 Å². The summed E-state index contributed by atoms with van der Waals surface area (Å²) in [4.78, 5) is 4.72. The Kier molecular flexibility index (Phi) is 10.1. The standard InChI is InChI=1S/C18H28N4OS.HI/c1-5-16-15(17(6-2)23-22-16)11-21-18(19-7-3)20-10-13(4)14-8-9-24-12-14;/h8-9,12-13H,5-7,10-11H2,1-4H3,(H2,19,20,21);1H. The molecule has 140 valence electrons. The van der Waals surface area contributed by atoms with Crippen molar-refractivity contribution in [1.29, 1.82) is 0 Å². The van der Waals surface area contributed by atoms with E-state index in [1.165, 1.54) is 5.56 Å². The number of guanidine groups is 1. The second-order valence-electron chi connectivity index (χ2n) is 5.77. The monoisotopic (exact) mass is 476 g/mol. The lowest BCUT2D eigenvalue weighted by atomic mass is 10.1. The third-order valence-corrected chi connectivity index (χ3v) is 4.74. The summed E-state index contributed by atoms with van der Waals surface area (Å²) in [6.45, 7) is 10.8. The van der Waals surface area contributed by atoms with Crippen LogP contribution < -0.4 is 10.6 Å². The summed E-state index contributed by atoms with van der Waals surface area (Å²) in [5, 5.41) is 15.2. The fourth-order valence-corrected chi connectivity index (χ4v) is 3.32. The lowest BCUT2D eigenvalue weighted by Gasteiger charge is -2.15. The van der Waals surface area contributed by atoms with Gasteiger partial charge in [-0.25, -0.2) is 4.99 Å². The Morgan fingerprint density at radius 2 is 2.08 bits per heavy atom. The van der Waals surface area contributed by atoms with Crippen LogP contribution in [0.5, 0.6) is 0 Å². The molecule has 0 amide bonds. The first-order valence-corrected chi connectivity index (χ1v) is 9.64. The Balaban J connectivity index is 0.00000312. The van der Waals surface area contributed by atoms with E-state index < -0.39 is 0 Å². The molecule has 25 heavy (non-hydrogen) atoms.